The van der Waals surface area contributed by atoms with Crippen LogP contribution in [0.1, 0.15) is 16.8 Å². The smallest absolute Gasteiger partial charge is 0.175 e. The number of halogens is 1. The van der Waals surface area contributed by atoms with Crippen molar-refractivity contribution in [1.82, 2.24) is 25.1 Å². The van der Waals surface area contributed by atoms with Gasteiger partial charge in [0.05, 0.1) is 34.4 Å². The fourth-order valence-corrected chi connectivity index (χ4v) is 3.87. The molecule has 152 valence electrons. The summed E-state index contributed by atoms with van der Waals surface area (Å²) < 4.78 is 7.26. The Morgan fingerprint density at radius 3 is 2.70 bits per heavy atom. The van der Waals surface area contributed by atoms with Crippen LogP contribution in [0.25, 0.3) is 17.0 Å². The molecule has 2 N–H and O–H groups in total. The van der Waals surface area contributed by atoms with Crippen molar-refractivity contribution in [2.24, 2.45) is 0 Å². The van der Waals surface area contributed by atoms with Gasteiger partial charge < -0.3 is 14.7 Å². The van der Waals surface area contributed by atoms with Crippen molar-refractivity contribution < 1.29 is 14.7 Å². The Labute approximate surface area is 176 Å². The van der Waals surface area contributed by atoms with E-state index in [2.05, 4.69) is 32.5 Å². The number of phenolic OH excluding ortho intramolecular Hbond substituents is 2. The molecule has 9 heteroatoms. The van der Waals surface area contributed by atoms with Crippen LogP contribution in [0.15, 0.2) is 53.3 Å². The molecule has 0 aliphatic carbocycles. The summed E-state index contributed by atoms with van der Waals surface area (Å²) in [7, 11) is 0. The number of fused-ring (bicyclic) bond motifs is 1. The quantitative estimate of drug-likeness (QED) is 0.517. The van der Waals surface area contributed by atoms with E-state index in [1.807, 2.05) is 12.1 Å². The molecular formula is C21H18ClN5O3. The first-order valence-electron chi connectivity index (χ1n) is 9.46. The van der Waals surface area contributed by atoms with Gasteiger partial charge in [-0.15, -0.1) is 5.10 Å². The maximum Gasteiger partial charge on any atom is 0.175 e. The van der Waals surface area contributed by atoms with Gasteiger partial charge in [0, 0.05) is 37.7 Å². The van der Waals surface area contributed by atoms with Gasteiger partial charge in [-0.25, -0.2) is 4.68 Å². The second-order valence-corrected chi connectivity index (χ2v) is 7.64. The molecule has 0 radical (unpaired) electrons. The summed E-state index contributed by atoms with van der Waals surface area (Å²) >= 11 is 6.03. The van der Waals surface area contributed by atoms with E-state index in [-0.39, 0.29) is 16.5 Å². The van der Waals surface area contributed by atoms with E-state index in [0.717, 1.165) is 36.5 Å². The lowest BCUT2D eigenvalue weighted by Crippen LogP contribution is -2.30. The van der Waals surface area contributed by atoms with Gasteiger partial charge >= 0.3 is 0 Å². The fourth-order valence-electron chi connectivity index (χ4n) is 3.71. The fraction of sp³-hybridized carbons (Fsp3) is 0.190. The molecule has 0 spiro atoms. The topological polar surface area (TPSA) is 100 Å². The number of phenols is 2. The van der Waals surface area contributed by atoms with Crippen molar-refractivity contribution in [1.29, 1.82) is 0 Å². The highest BCUT2D eigenvalue weighted by Crippen LogP contribution is 2.40. The SMILES string of the molecule is Oc1cc(O)c(-c2onc3c2CN(Cc2ccc(-n4ccnn4)cc2)CC3)cc1Cl. The molecular weight excluding hydrogens is 406 g/mol. The molecule has 1 aliphatic rings. The lowest BCUT2D eigenvalue weighted by Gasteiger charge is -2.26. The predicted octanol–water partition coefficient (Wildman–Crippen LogP) is 3.55. The van der Waals surface area contributed by atoms with Crippen LogP contribution in [0, 0.1) is 0 Å². The van der Waals surface area contributed by atoms with Crippen molar-refractivity contribution in [3.63, 3.8) is 0 Å². The summed E-state index contributed by atoms with van der Waals surface area (Å²) in [6.07, 6.45) is 4.21. The molecule has 5 rings (SSSR count). The molecule has 4 aromatic rings. The number of aromatic nitrogens is 4. The van der Waals surface area contributed by atoms with Crippen LogP contribution in [0.2, 0.25) is 5.02 Å². The average molecular weight is 424 g/mol. The van der Waals surface area contributed by atoms with E-state index in [9.17, 15) is 10.2 Å². The predicted molar refractivity (Wildman–Crippen MR) is 109 cm³/mol. The second-order valence-electron chi connectivity index (χ2n) is 7.23. The van der Waals surface area contributed by atoms with Crippen LogP contribution in [0.3, 0.4) is 0 Å². The molecule has 0 unspecified atom stereocenters. The van der Waals surface area contributed by atoms with Gasteiger partial charge in [-0.3, -0.25) is 4.90 Å². The van der Waals surface area contributed by atoms with Crippen molar-refractivity contribution in [3.8, 4) is 28.5 Å². The summed E-state index contributed by atoms with van der Waals surface area (Å²) in [5.41, 5.74) is 4.36. The molecule has 0 fully saturated rings. The summed E-state index contributed by atoms with van der Waals surface area (Å²) in [5, 5.41) is 32.1. The monoisotopic (exact) mass is 423 g/mol. The standard InChI is InChI=1S/C21H18ClN5O3/c22-17-9-15(19(28)10-20(17)29)21-16-12-26(7-5-18(16)24-30-21)11-13-1-3-14(4-2-13)27-8-6-23-25-27/h1-4,6,8-10,28-29H,5,7,11-12H2. The lowest BCUT2D eigenvalue weighted by molar-refractivity contribution is 0.245. The number of rotatable bonds is 4. The lowest BCUT2D eigenvalue weighted by atomic mass is 10.0. The van der Waals surface area contributed by atoms with Crippen LogP contribution < -0.4 is 0 Å². The average Bonchev–Trinajstić information content (AvgIpc) is 3.41. The molecule has 2 aromatic carbocycles. The van der Waals surface area contributed by atoms with E-state index >= 15 is 0 Å². The third-order valence-electron chi connectivity index (χ3n) is 5.26. The summed E-state index contributed by atoms with van der Waals surface area (Å²) in [6, 6.07) is 10.9. The normalized spacial score (nSPS) is 14.0. The van der Waals surface area contributed by atoms with Crippen LogP contribution in [0.4, 0.5) is 0 Å². The van der Waals surface area contributed by atoms with Crippen LogP contribution in [-0.2, 0) is 19.5 Å². The van der Waals surface area contributed by atoms with E-state index < -0.39 is 0 Å². The number of hydrogen-bond donors (Lipinski definition) is 2. The molecule has 0 saturated carbocycles. The minimum atomic E-state index is -0.178. The molecule has 0 bridgehead atoms. The van der Waals surface area contributed by atoms with Crippen LogP contribution in [0.5, 0.6) is 11.5 Å². The van der Waals surface area contributed by atoms with Crippen LogP contribution >= 0.6 is 11.6 Å². The first-order valence-corrected chi connectivity index (χ1v) is 9.83. The van der Waals surface area contributed by atoms with Gasteiger partial charge in [0.1, 0.15) is 11.5 Å². The van der Waals surface area contributed by atoms with Gasteiger partial charge in [-0.05, 0) is 23.8 Å². The van der Waals surface area contributed by atoms with Gasteiger partial charge in [0.25, 0.3) is 0 Å². The van der Waals surface area contributed by atoms with Crippen LogP contribution in [-0.4, -0.2) is 41.8 Å². The Morgan fingerprint density at radius 1 is 1.10 bits per heavy atom. The number of aromatic hydroxyl groups is 2. The molecule has 1 aliphatic heterocycles. The summed E-state index contributed by atoms with van der Waals surface area (Å²) in [4.78, 5) is 2.30. The van der Waals surface area contributed by atoms with Gasteiger partial charge in [0.2, 0.25) is 0 Å². The first-order chi connectivity index (χ1) is 14.6. The minimum Gasteiger partial charge on any atom is -0.507 e. The maximum atomic E-state index is 10.3. The molecule has 30 heavy (non-hydrogen) atoms. The van der Waals surface area contributed by atoms with Gasteiger partial charge in [0.15, 0.2) is 5.76 Å². The largest absolute Gasteiger partial charge is 0.507 e. The second kappa shape index (κ2) is 7.47. The van der Waals surface area contributed by atoms with E-state index in [4.69, 9.17) is 16.1 Å². The maximum absolute atomic E-state index is 10.3. The van der Waals surface area contributed by atoms with Gasteiger partial charge in [-0.1, -0.05) is 34.1 Å². The molecule has 0 saturated heterocycles. The molecule has 8 nitrogen and oxygen atoms in total. The Balaban J connectivity index is 1.37. The Kier molecular flexibility index (Phi) is 4.65. The van der Waals surface area contributed by atoms with Gasteiger partial charge in [-0.2, -0.15) is 0 Å². The van der Waals surface area contributed by atoms with Crippen molar-refractivity contribution >= 4 is 11.6 Å². The molecule has 3 heterocycles. The zero-order chi connectivity index (χ0) is 20.7. The third kappa shape index (κ3) is 3.40. The first kappa shape index (κ1) is 18.7. The summed E-state index contributed by atoms with van der Waals surface area (Å²) in [6.45, 7) is 2.26. The molecule has 2 aromatic heterocycles. The Morgan fingerprint density at radius 2 is 1.93 bits per heavy atom. The summed E-state index contributed by atoms with van der Waals surface area (Å²) in [5.74, 6) is 0.203. The van der Waals surface area contributed by atoms with E-state index in [1.165, 1.54) is 17.7 Å². The third-order valence-corrected chi connectivity index (χ3v) is 5.56. The Hall–Kier alpha value is -3.36. The minimum absolute atomic E-state index is 0.100. The van der Waals surface area contributed by atoms with E-state index in [0.29, 0.717) is 17.9 Å². The Bertz CT molecular complexity index is 1190. The number of nitrogens with zero attached hydrogens (tertiary/aromatic N) is 5. The number of hydrogen-bond acceptors (Lipinski definition) is 7. The van der Waals surface area contributed by atoms with Crippen molar-refractivity contribution in [3.05, 3.63) is 70.6 Å². The van der Waals surface area contributed by atoms with Crippen molar-refractivity contribution in [2.45, 2.75) is 19.5 Å². The number of benzene rings is 2. The highest BCUT2D eigenvalue weighted by molar-refractivity contribution is 6.32. The van der Waals surface area contributed by atoms with Crippen molar-refractivity contribution in [2.75, 3.05) is 6.54 Å². The molecule has 0 atom stereocenters. The highest BCUT2D eigenvalue weighted by Gasteiger charge is 2.26. The zero-order valence-corrected chi connectivity index (χ0v) is 16.6. The van der Waals surface area contributed by atoms with E-state index in [1.54, 1.807) is 17.1 Å². The highest BCUT2D eigenvalue weighted by atomic mass is 35.5. The molecule has 0 amide bonds. The zero-order valence-electron chi connectivity index (χ0n) is 15.9.